The number of nitrogens with zero attached hydrogens (tertiary/aromatic N) is 3. The molecule has 23 heavy (non-hydrogen) atoms. The van der Waals surface area contributed by atoms with Gasteiger partial charge >= 0.3 is 0 Å². The van der Waals surface area contributed by atoms with Crippen LogP contribution < -0.4 is 10.2 Å². The van der Waals surface area contributed by atoms with Crippen LogP contribution in [0.5, 0.6) is 0 Å². The van der Waals surface area contributed by atoms with Crippen molar-refractivity contribution in [2.75, 3.05) is 38.1 Å². The van der Waals surface area contributed by atoms with E-state index < -0.39 is 0 Å². The predicted octanol–water partition coefficient (Wildman–Crippen LogP) is 2.38. The van der Waals surface area contributed by atoms with Gasteiger partial charge in [0.15, 0.2) is 5.13 Å². The van der Waals surface area contributed by atoms with Crippen LogP contribution in [-0.4, -0.2) is 55.1 Å². The molecular weight excluding hydrogens is 332 g/mol. The number of likely N-dealkylation sites (tertiary alicyclic amines) is 1. The highest BCUT2D eigenvalue weighted by atomic mass is 35.5. The number of piperidine rings is 1. The van der Waals surface area contributed by atoms with E-state index in [1.54, 1.807) is 11.3 Å². The number of rotatable bonds is 5. The zero-order valence-corrected chi connectivity index (χ0v) is 15.4. The summed E-state index contributed by atoms with van der Waals surface area (Å²) in [6.45, 7) is 3.90. The van der Waals surface area contributed by atoms with E-state index in [9.17, 15) is 4.79 Å². The van der Waals surface area contributed by atoms with Crippen LogP contribution >= 0.6 is 23.7 Å². The normalized spacial score (nSPS) is 22.2. The summed E-state index contributed by atoms with van der Waals surface area (Å²) >= 11 is 1.63. The zero-order chi connectivity index (χ0) is 15.4. The van der Waals surface area contributed by atoms with Gasteiger partial charge < -0.3 is 15.1 Å². The fourth-order valence-electron chi connectivity index (χ4n) is 3.61. The number of hydrogen-bond acceptors (Lipinski definition) is 5. The van der Waals surface area contributed by atoms with Gasteiger partial charge in [0.25, 0.3) is 0 Å². The van der Waals surface area contributed by atoms with E-state index in [-0.39, 0.29) is 18.4 Å². The molecule has 0 aliphatic carbocycles. The summed E-state index contributed by atoms with van der Waals surface area (Å²) < 4.78 is 0. The van der Waals surface area contributed by atoms with Gasteiger partial charge in [-0.05, 0) is 51.6 Å². The van der Waals surface area contributed by atoms with E-state index in [1.807, 2.05) is 18.6 Å². The molecule has 1 atom stereocenters. The predicted molar refractivity (Wildman–Crippen MR) is 97.6 cm³/mol. The van der Waals surface area contributed by atoms with Gasteiger partial charge in [-0.25, -0.2) is 4.98 Å². The Labute approximate surface area is 148 Å². The summed E-state index contributed by atoms with van der Waals surface area (Å²) in [5.41, 5.74) is 0. The van der Waals surface area contributed by atoms with E-state index in [2.05, 4.69) is 20.1 Å². The van der Waals surface area contributed by atoms with Gasteiger partial charge in [0.05, 0.1) is 0 Å². The Hall–Kier alpha value is -0.850. The molecular formula is C16H27ClN4OS. The Morgan fingerprint density at radius 2 is 2.13 bits per heavy atom. The second kappa shape index (κ2) is 8.85. The van der Waals surface area contributed by atoms with Crippen LogP contribution in [0.3, 0.4) is 0 Å². The van der Waals surface area contributed by atoms with Crippen LogP contribution in [0.4, 0.5) is 5.13 Å². The minimum Gasteiger partial charge on any atom is -0.341 e. The van der Waals surface area contributed by atoms with Gasteiger partial charge in [0.2, 0.25) is 5.91 Å². The largest absolute Gasteiger partial charge is 0.341 e. The number of nitrogens with one attached hydrogen (secondary N) is 1. The van der Waals surface area contributed by atoms with Crippen molar-refractivity contribution >= 4 is 34.8 Å². The maximum atomic E-state index is 12.9. The molecule has 2 saturated heterocycles. The second-order valence-corrected chi connectivity index (χ2v) is 7.20. The molecule has 0 spiro atoms. The van der Waals surface area contributed by atoms with Crippen molar-refractivity contribution in [2.24, 2.45) is 5.92 Å². The molecule has 0 saturated carbocycles. The summed E-state index contributed by atoms with van der Waals surface area (Å²) in [6, 6.07) is 0.0139. The average molecular weight is 359 g/mol. The molecule has 0 radical (unpaired) electrons. The Morgan fingerprint density at radius 3 is 2.78 bits per heavy atom. The standard InChI is InChI=1S/C16H26N4OS.ClH/c1-17-7-4-13-5-10-19(11-6-13)15(21)14-3-2-9-20(14)16-18-8-12-22-16;/h8,12-14,17H,2-7,9-11H2,1H3;1H. The van der Waals surface area contributed by atoms with Crippen LogP contribution in [0.1, 0.15) is 32.1 Å². The van der Waals surface area contributed by atoms with E-state index in [0.29, 0.717) is 5.91 Å². The number of thiazole rings is 1. The van der Waals surface area contributed by atoms with Crippen LogP contribution in [0.25, 0.3) is 0 Å². The first-order chi connectivity index (χ1) is 10.8. The third kappa shape index (κ3) is 4.37. The summed E-state index contributed by atoms with van der Waals surface area (Å²) in [5.74, 6) is 1.09. The number of halogens is 1. The van der Waals surface area contributed by atoms with Gasteiger partial charge in [-0.2, -0.15) is 0 Å². The molecule has 5 nitrogen and oxygen atoms in total. The topological polar surface area (TPSA) is 48.5 Å². The molecule has 3 heterocycles. The summed E-state index contributed by atoms with van der Waals surface area (Å²) in [4.78, 5) is 21.6. The third-order valence-corrected chi connectivity index (χ3v) is 5.74. The van der Waals surface area contributed by atoms with Crippen molar-refractivity contribution in [3.63, 3.8) is 0 Å². The summed E-state index contributed by atoms with van der Waals surface area (Å²) in [5, 5.41) is 6.21. The highest BCUT2D eigenvalue weighted by Crippen LogP contribution is 2.29. The van der Waals surface area contributed by atoms with Crippen molar-refractivity contribution in [3.8, 4) is 0 Å². The molecule has 2 aliphatic heterocycles. The number of anilines is 1. The zero-order valence-electron chi connectivity index (χ0n) is 13.7. The lowest BCUT2D eigenvalue weighted by Gasteiger charge is -2.35. The molecule has 2 aliphatic rings. The smallest absolute Gasteiger partial charge is 0.245 e. The van der Waals surface area contributed by atoms with Crippen molar-refractivity contribution in [1.29, 1.82) is 0 Å². The van der Waals surface area contributed by atoms with Crippen LogP contribution in [-0.2, 0) is 4.79 Å². The highest BCUT2D eigenvalue weighted by molar-refractivity contribution is 7.13. The Bertz CT molecular complexity index is 476. The first-order valence-electron chi connectivity index (χ1n) is 8.39. The molecule has 1 aromatic heterocycles. The lowest BCUT2D eigenvalue weighted by molar-refractivity contribution is -0.133. The lowest BCUT2D eigenvalue weighted by Crippen LogP contribution is -2.48. The first kappa shape index (κ1) is 18.5. The number of hydrogen-bond donors (Lipinski definition) is 1. The molecule has 0 bridgehead atoms. The number of carbonyl (C=O) groups excluding carboxylic acids is 1. The van der Waals surface area contributed by atoms with Gasteiger partial charge in [-0.1, -0.05) is 0 Å². The fraction of sp³-hybridized carbons (Fsp3) is 0.750. The van der Waals surface area contributed by atoms with Crippen molar-refractivity contribution in [2.45, 2.75) is 38.1 Å². The van der Waals surface area contributed by atoms with Crippen LogP contribution in [0.2, 0.25) is 0 Å². The van der Waals surface area contributed by atoms with Crippen molar-refractivity contribution in [3.05, 3.63) is 11.6 Å². The molecule has 7 heteroatoms. The van der Waals surface area contributed by atoms with Crippen molar-refractivity contribution in [1.82, 2.24) is 15.2 Å². The fourth-order valence-corrected chi connectivity index (χ4v) is 4.33. The van der Waals surface area contributed by atoms with Crippen LogP contribution in [0, 0.1) is 5.92 Å². The molecule has 1 N–H and O–H groups in total. The quantitative estimate of drug-likeness (QED) is 0.878. The van der Waals surface area contributed by atoms with Gasteiger partial charge in [-0.3, -0.25) is 4.79 Å². The Balaban J connectivity index is 0.00000192. The number of aromatic nitrogens is 1. The summed E-state index contributed by atoms with van der Waals surface area (Å²) in [6.07, 6.45) is 7.42. The van der Waals surface area contributed by atoms with Crippen molar-refractivity contribution < 1.29 is 4.79 Å². The minimum atomic E-state index is 0. The first-order valence-corrected chi connectivity index (χ1v) is 9.27. The molecule has 1 unspecified atom stereocenters. The molecule has 2 fully saturated rings. The monoisotopic (exact) mass is 358 g/mol. The molecule has 1 aromatic rings. The Kier molecular flexibility index (Phi) is 7.11. The van der Waals surface area contributed by atoms with E-state index >= 15 is 0 Å². The lowest BCUT2D eigenvalue weighted by atomic mass is 9.93. The minimum absolute atomic E-state index is 0. The molecule has 0 aromatic carbocycles. The molecule has 1 amide bonds. The average Bonchev–Trinajstić information content (AvgIpc) is 3.23. The third-order valence-electron chi connectivity index (χ3n) is 4.93. The van der Waals surface area contributed by atoms with Gasteiger partial charge in [0, 0.05) is 31.2 Å². The number of amides is 1. The highest BCUT2D eigenvalue weighted by Gasteiger charge is 2.36. The number of carbonyl (C=O) groups is 1. The maximum absolute atomic E-state index is 12.9. The van der Waals surface area contributed by atoms with E-state index in [1.165, 1.54) is 6.42 Å². The van der Waals surface area contributed by atoms with E-state index in [4.69, 9.17) is 0 Å². The summed E-state index contributed by atoms with van der Waals surface area (Å²) in [7, 11) is 2.01. The van der Waals surface area contributed by atoms with E-state index in [0.717, 1.165) is 62.9 Å². The SMILES string of the molecule is CNCCC1CCN(C(=O)C2CCCN2c2nccs2)CC1.Cl. The second-order valence-electron chi connectivity index (χ2n) is 6.33. The molecule has 130 valence electrons. The van der Waals surface area contributed by atoms with Gasteiger partial charge in [-0.15, -0.1) is 23.7 Å². The van der Waals surface area contributed by atoms with Crippen LogP contribution in [0.15, 0.2) is 11.6 Å². The Morgan fingerprint density at radius 1 is 1.35 bits per heavy atom. The maximum Gasteiger partial charge on any atom is 0.245 e. The van der Waals surface area contributed by atoms with Gasteiger partial charge in [0.1, 0.15) is 6.04 Å². The molecule has 3 rings (SSSR count).